The van der Waals surface area contributed by atoms with E-state index in [1.807, 2.05) is 13.0 Å². The van der Waals surface area contributed by atoms with Gasteiger partial charge in [-0.1, -0.05) is 0 Å². The van der Waals surface area contributed by atoms with Crippen molar-refractivity contribution in [3.63, 3.8) is 0 Å². The lowest BCUT2D eigenvalue weighted by atomic mass is 10.1. The van der Waals surface area contributed by atoms with E-state index in [0.717, 1.165) is 29.7 Å². The third-order valence-electron chi connectivity index (χ3n) is 2.37. The van der Waals surface area contributed by atoms with Crippen molar-refractivity contribution in [1.82, 2.24) is 5.32 Å². The Morgan fingerprint density at radius 3 is 3.07 bits per heavy atom. The van der Waals surface area contributed by atoms with Crippen LogP contribution < -0.4 is 10.1 Å². The zero-order valence-corrected chi connectivity index (χ0v) is 9.76. The topological polar surface area (TPSA) is 34.4 Å². The van der Waals surface area contributed by atoms with Gasteiger partial charge in [-0.05, 0) is 48.3 Å². The number of halogens is 1. The molecule has 0 bridgehead atoms. The number of piperidine rings is 1. The predicted octanol–water partition coefficient (Wildman–Crippen LogP) is 2.48. The molecule has 1 unspecified atom stereocenters. The average Bonchev–Trinajstić information content (AvgIpc) is 2.47. The number of nitrogens with one attached hydrogen (secondary N) is 1. The van der Waals surface area contributed by atoms with Gasteiger partial charge in [0.05, 0.1) is 0 Å². The molecule has 0 amide bonds. The first-order valence-electron chi connectivity index (χ1n) is 4.89. The van der Waals surface area contributed by atoms with Crippen LogP contribution in [0.1, 0.15) is 18.4 Å². The fraction of sp³-hybridized carbons (Fsp3) is 0.600. The second-order valence-electron chi connectivity index (χ2n) is 3.61. The maximum atomic E-state index is 5.75. The average molecular weight is 260 g/mol. The Balaban J connectivity index is 1.98. The first-order valence-corrected chi connectivity index (χ1v) is 5.68. The van der Waals surface area contributed by atoms with E-state index >= 15 is 0 Å². The molecule has 1 aromatic heterocycles. The van der Waals surface area contributed by atoms with Gasteiger partial charge < -0.3 is 14.5 Å². The minimum atomic E-state index is 0.250. The lowest BCUT2D eigenvalue weighted by molar-refractivity contribution is 0.127. The van der Waals surface area contributed by atoms with Gasteiger partial charge in [-0.3, -0.25) is 0 Å². The Labute approximate surface area is 91.9 Å². The van der Waals surface area contributed by atoms with Gasteiger partial charge in [0.2, 0.25) is 0 Å². The summed E-state index contributed by atoms with van der Waals surface area (Å²) in [6.45, 7) is 4.00. The molecular formula is C10H14BrNO2. The number of furan rings is 1. The lowest BCUT2D eigenvalue weighted by Crippen LogP contribution is -2.37. The van der Waals surface area contributed by atoms with Crippen molar-refractivity contribution in [3.8, 4) is 5.95 Å². The van der Waals surface area contributed by atoms with Crippen LogP contribution in [-0.2, 0) is 0 Å². The van der Waals surface area contributed by atoms with E-state index in [4.69, 9.17) is 9.15 Å². The second-order valence-corrected chi connectivity index (χ2v) is 4.39. The number of hydrogen-bond donors (Lipinski definition) is 1. The van der Waals surface area contributed by atoms with E-state index in [2.05, 4.69) is 21.2 Å². The van der Waals surface area contributed by atoms with Gasteiger partial charge in [0.15, 0.2) is 4.67 Å². The van der Waals surface area contributed by atoms with Gasteiger partial charge in [-0.15, -0.1) is 0 Å². The van der Waals surface area contributed by atoms with Gasteiger partial charge in [-0.2, -0.15) is 0 Å². The zero-order chi connectivity index (χ0) is 9.97. The van der Waals surface area contributed by atoms with Crippen molar-refractivity contribution < 1.29 is 9.15 Å². The molecule has 4 heteroatoms. The van der Waals surface area contributed by atoms with Gasteiger partial charge in [0, 0.05) is 12.1 Å². The SMILES string of the molecule is Cc1cc(Br)oc1OC1CCCNC1. The molecule has 1 atom stereocenters. The lowest BCUT2D eigenvalue weighted by Gasteiger charge is -2.22. The summed E-state index contributed by atoms with van der Waals surface area (Å²) < 4.78 is 11.9. The Bertz CT molecular complexity index is 305. The molecule has 0 radical (unpaired) electrons. The summed E-state index contributed by atoms with van der Waals surface area (Å²) >= 11 is 3.29. The molecule has 0 aliphatic carbocycles. The largest absolute Gasteiger partial charge is 0.460 e. The molecule has 3 nitrogen and oxygen atoms in total. The Morgan fingerprint density at radius 1 is 1.64 bits per heavy atom. The Hall–Kier alpha value is -0.480. The highest BCUT2D eigenvalue weighted by Gasteiger charge is 2.17. The van der Waals surface area contributed by atoms with Gasteiger partial charge in [0.1, 0.15) is 6.10 Å². The minimum absolute atomic E-state index is 0.250. The van der Waals surface area contributed by atoms with Crippen LogP contribution in [0.5, 0.6) is 5.95 Å². The molecule has 14 heavy (non-hydrogen) atoms. The van der Waals surface area contributed by atoms with Crippen molar-refractivity contribution in [1.29, 1.82) is 0 Å². The van der Waals surface area contributed by atoms with Crippen LogP contribution in [0.3, 0.4) is 0 Å². The minimum Gasteiger partial charge on any atom is -0.460 e. The first-order chi connectivity index (χ1) is 6.75. The quantitative estimate of drug-likeness (QED) is 0.887. The van der Waals surface area contributed by atoms with E-state index in [9.17, 15) is 0 Å². The summed E-state index contributed by atoms with van der Waals surface area (Å²) in [4.78, 5) is 0. The molecule has 2 rings (SSSR count). The number of aryl methyl sites for hydroxylation is 1. The highest BCUT2D eigenvalue weighted by Crippen LogP contribution is 2.27. The van der Waals surface area contributed by atoms with Crippen LogP contribution in [0, 0.1) is 6.92 Å². The molecule has 1 fully saturated rings. The molecule has 1 saturated heterocycles. The van der Waals surface area contributed by atoms with Gasteiger partial charge >= 0.3 is 0 Å². The molecule has 0 saturated carbocycles. The Morgan fingerprint density at radius 2 is 2.50 bits per heavy atom. The maximum absolute atomic E-state index is 5.75. The van der Waals surface area contributed by atoms with Crippen LogP contribution in [0.25, 0.3) is 0 Å². The molecule has 78 valence electrons. The molecular weight excluding hydrogens is 246 g/mol. The fourth-order valence-corrected chi connectivity index (χ4v) is 2.11. The maximum Gasteiger partial charge on any atom is 0.288 e. The summed E-state index contributed by atoms with van der Waals surface area (Å²) in [6, 6.07) is 1.92. The van der Waals surface area contributed by atoms with Crippen molar-refractivity contribution >= 4 is 15.9 Å². The highest BCUT2D eigenvalue weighted by molar-refractivity contribution is 9.10. The summed E-state index contributed by atoms with van der Waals surface area (Å²) in [5.41, 5.74) is 1.04. The summed E-state index contributed by atoms with van der Waals surface area (Å²) in [7, 11) is 0. The molecule has 1 aromatic rings. The van der Waals surface area contributed by atoms with Crippen molar-refractivity contribution in [3.05, 3.63) is 16.3 Å². The number of rotatable bonds is 2. The molecule has 1 N–H and O–H groups in total. The summed E-state index contributed by atoms with van der Waals surface area (Å²) in [5, 5.41) is 3.30. The van der Waals surface area contributed by atoms with E-state index in [1.165, 1.54) is 6.42 Å². The molecule has 1 aliphatic heterocycles. The summed E-state index contributed by atoms with van der Waals surface area (Å²) in [5.74, 6) is 0.644. The number of ether oxygens (including phenoxy) is 1. The predicted molar refractivity (Wildman–Crippen MR) is 57.7 cm³/mol. The van der Waals surface area contributed by atoms with Gasteiger partial charge in [-0.25, -0.2) is 0 Å². The first kappa shape index (κ1) is 10.1. The summed E-state index contributed by atoms with van der Waals surface area (Å²) in [6.07, 6.45) is 2.52. The van der Waals surface area contributed by atoms with E-state index in [-0.39, 0.29) is 6.10 Å². The van der Waals surface area contributed by atoms with Gasteiger partial charge in [0.25, 0.3) is 5.95 Å². The fourth-order valence-electron chi connectivity index (χ4n) is 1.62. The zero-order valence-electron chi connectivity index (χ0n) is 8.18. The second kappa shape index (κ2) is 4.36. The normalized spacial score (nSPS) is 22.3. The Kier molecular flexibility index (Phi) is 3.13. The molecule has 0 aromatic carbocycles. The van der Waals surface area contributed by atoms with Crippen molar-refractivity contribution in [2.75, 3.05) is 13.1 Å². The van der Waals surface area contributed by atoms with Crippen LogP contribution >= 0.6 is 15.9 Å². The monoisotopic (exact) mass is 259 g/mol. The van der Waals surface area contributed by atoms with E-state index in [1.54, 1.807) is 0 Å². The van der Waals surface area contributed by atoms with Crippen LogP contribution in [0.2, 0.25) is 0 Å². The highest BCUT2D eigenvalue weighted by atomic mass is 79.9. The third-order valence-corrected chi connectivity index (χ3v) is 2.76. The molecule has 2 heterocycles. The van der Waals surface area contributed by atoms with E-state index < -0.39 is 0 Å². The molecule has 1 aliphatic rings. The third kappa shape index (κ3) is 2.30. The smallest absolute Gasteiger partial charge is 0.288 e. The van der Waals surface area contributed by atoms with E-state index in [0.29, 0.717) is 5.95 Å². The molecule has 0 spiro atoms. The van der Waals surface area contributed by atoms with Crippen LogP contribution in [0.4, 0.5) is 0 Å². The van der Waals surface area contributed by atoms with Crippen LogP contribution in [-0.4, -0.2) is 19.2 Å². The van der Waals surface area contributed by atoms with Crippen LogP contribution in [0.15, 0.2) is 15.2 Å². The van der Waals surface area contributed by atoms with Crippen molar-refractivity contribution in [2.24, 2.45) is 0 Å². The van der Waals surface area contributed by atoms with Crippen molar-refractivity contribution in [2.45, 2.75) is 25.9 Å². The number of hydrogen-bond acceptors (Lipinski definition) is 3. The standard InChI is InChI=1S/C10H14BrNO2/c1-7-5-9(11)14-10(7)13-8-3-2-4-12-6-8/h5,8,12H,2-4,6H2,1H3.